The summed E-state index contributed by atoms with van der Waals surface area (Å²) in [6, 6.07) is 7.45. The Balaban J connectivity index is 2.07. The molecule has 2 rings (SSSR count). The summed E-state index contributed by atoms with van der Waals surface area (Å²) in [6.45, 7) is 1.16. The molecular formula is C13H17N3O3S. The van der Waals surface area contributed by atoms with Crippen molar-refractivity contribution in [2.45, 2.75) is 11.0 Å². The second-order valence-electron chi connectivity index (χ2n) is 4.36. The molecule has 0 saturated carbocycles. The van der Waals surface area contributed by atoms with Crippen molar-refractivity contribution in [2.24, 2.45) is 10.9 Å². The van der Waals surface area contributed by atoms with Gasteiger partial charge >= 0.3 is 0 Å². The first kappa shape index (κ1) is 14.7. The Kier molecular flexibility index (Phi) is 4.86. The first-order valence-corrected chi connectivity index (χ1v) is 7.40. The lowest BCUT2D eigenvalue weighted by molar-refractivity contribution is 0.00675. The molecule has 0 radical (unpaired) electrons. The number of amidine groups is 1. The van der Waals surface area contributed by atoms with Crippen LogP contribution in [-0.4, -0.2) is 53.9 Å². The highest BCUT2D eigenvalue weighted by atomic mass is 32.2. The number of amides is 1. The fourth-order valence-corrected chi connectivity index (χ4v) is 2.40. The van der Waals surface area contributed by atoms with Crippen molar-refractivity contribution in [1.82, 2.24) is 4.90 Å². The van der Waals surface area contributed by atoms with Gasteiger partial charge in [-0.2, -0.15) is 0 Å². The Bertz CT molecular complexity index is 504. The summed E-state index contributed by atoms with van der Waals surface area (Å²) in [6.07, 6.45) is 1.43. The molecule has 1 aliphatic rings. The van der Waals surface area contributed by atoms with E-state index < -0.39 is 6.10 Å². The van der Waals surface area contributed by atoms with Crippen LogP contribution in [-0.2, 0) is 4.74 Å². The van der Waals surface area contributed by atoms with E-state index in [9.17, 15) is 4.79 Å². The molecular weight excluding hydrogens is 278 g/mol. The molecule has 3 N–H and O–H groups in total. The number of rotatable bonds is 3. The van der Waals surface area contributed by atoms with Gasteiger partial charge in [0.05, 0.1) is 13.2 Å². The molecule has 6 nitrogen and oxygen atoms in total. The Hall–Kier alpha value is -1.73. The van der Waals surface area contributed by atoms with Crippen molar-refractivity contribution in [1.29, 1.82) is 0 Å². The van der Waals surface area contributed by atoms with Gasteiger partial charge in [0.2, 0.25) is 0 Å². The van der Waals surface area contributed by atoms with Gasteiger partial charge in [-0.3, -0.25) is 4.79 Å². The summed E-state index contributed by atoms with van der Waals surface area (Å²) >= 11 is 1.63. The fourth-order valence-electron chi connectivity index (χ4n) is 1.99. The predicted molar refractivity (Wildman–Crippen MR) is 77.3 cm³/mol. The monoisotopic (exact) mass is 295 g/mol. The summed E-state index contributed by atoms with van der Waals surface area (Å²) in [4.78, 5) is 15.1. The summed E-state index contributed by atoms with van der Waals surface area (Å²) in [5.41, 5.74) is 6.15. The molecule has 0 aromatic heterocycles. The Morgan fingerprint density at radius 2 is 2.20 bits per heavy atom. The van der Waals surface area contributed by atoms with Crippen LogP contribution in [0, 0.1) is 0 Å². The highest BCUT2D eigenvalue weighted by Gasteiger charge is 2.27. The first-order chi connectivity index (χ1) is 9.65. The van der Waals surface area contributed by atoms with Crippen molar-refractivity contribution in [2.75, 3.05) is 26.0 Å². The molecule has 1 unspecified atom stereocenters. The third-order valence-electron chi connectivity index (χ3n) is 3.14. The van der Waals surface area contributed by atoms with Crippen molar-refractivity contribution in [3.63, 3.8) is 0 Å². The lowest BCUT2D eigenvalue weighted by Gasteiger charge is -2.32. The van der Waals surface area contributed by atoms with E-state index in [2.05, 4.69) is 5.16 Å². The fraction of sp³-hybridized carbons (Fsp3) is 0.385. The maximum atomic E-state index is 12.4. The normalized spacial score (nSPS) is 19.9. The average Bonchev–Trinajstić information content (AvgIpc) is 2.53. The first-order valence-electron chi connectivity index (χ1n) is 6.18. The number of benzene rings is 1. The van der Waals surface area contributed by atoms with E-state index in [1.807, 2.05) is 30.5 Å². The van der Waals surface area contributed by atoms with Gasteiger partial charge in [0.1, 0.15) is 6.10 Å². The summed E-state index contributed by atoms with van der Waals surface area (Å²) in [7, 11) is 0. The van der Waals surface area contributed by atoms with Gasteiger partial charge in [-0.05, 0) is 30.5 Å². The quantitative estimate of drug-likeness (QED) is 0.285. The lowest BCUT2D eigenvalue weighted by atomic mass is 10.1. The van der Waals surface area contributed by atoms with E-state index in [4.69, 9.17) is 15.7 Å². The molecule has 7 heteroatoms. The van der Waals surface area contributed by atoms with Crippen LogP contribution in [0.5, 0.6) is 0 Å². The highest BCUT2D eigenvalue weighted by Crippen LogP contribution is 2.17. The van der Waals surface area contributed by atoms with Gasteiger partial charge in [0.15, 0.2) is 5.84 Å². The molecule has 1 amide bonds. The maximum absolute atomic E-state index is 12.4. The van der Waals surface area contributed by atoms with Crippen LogP contribution in [0.25, 0.3) is 0 Å². The number of nitrogens with two attached hydrogens (primary N) is 1. The van der Waals surface area contributed by atoms with Gasteiger partial charge in [0, 0.05) is 17.0 Å². The molecule has 1 heterocycles. The largest absolute Gasteiger partial charge is 0.409 e. The Morgan fingerprint density at radius 1 is 1.50 bits per heavy atom. The molecule has 0 bridgehead atoms. The van der Waals surface area contributed by atoms with Crippen molar-refractivity contribution in [3.05, 3.63) is 29.8 Å². The topological polar surface area (TPSA) is 88.2 Å². The molecule has 1 aliphatic heterocycles. The SMILES string of the molecule is CSc1ccc(C(=O)N2CCOC(C(N)=NO)C2)cc1. The van der Waals surface area contributed by atoms with Crippen LogP contribution >= 0.6 is 11.8 Å². The molecule has 1 atom stereocenters. The van der Waals surface area contributed by atoms with Crippen LogP contribution in [0.2, 0.25) is 0 Å². The smallest absolute Gasteiger partial charge is 0.254 e. The zero-order valence-electron chi connectivity index (χ0n) is 11.2. The number of nitrogens with zero attached hydrogens (tertiary/aromatic N) is 2. The van der Waals surface area contributed by atoms with E-state index in [-0.39, 0.29) is 11.7 Å². The van der Waals surface area contributed by atoms with E-state index in [0.717, 1.165) is 4.90 Å². The molecule has 20 heavy (non-hydrogen) atoms. The molecule has 1 aromatic rings. The third kappa shape index (κ3) is 3.23. The summed E-state index contributed by atoms with van der Waals surface area (Å²) in [5.74, 6) is -0.0862. The summed E-state index contributed by atoms with van der Waals surface area (Å²) in [5, 5.41) is 11.6. The van der Waals surface area contributed by atoms with E-state index in [0.29, 0.717) is 25.3 Å². The van der Waals surface area contributed by atoms with Gasteiger partial charge < -0.3 is 20.6 Å². The van der Waals surface area contributed by atoms with Crippen molar-refractivity contribution in [3.8, 4) is 0 Å². The third-order valence-corrected chi connectivity index (χ3v) is 3.88. The molecule has 1 saturated heterocycles. The second-order valence-corrected chi connectivity index (χ2v) is 5.24. The van der Waals surface area contributed by atoms with Gasteiger partial charge in [-0.15, -0.1) is 11.8 Å². The van der Waals surface area contributed by atoms with Crippen LogP contribution in [0.1, 0.15) is 10.4 Å². The maximum Gasteiger partial charge on any atom is 0.254 e. The number of carbonyl (C=O) groups excluding carboxylic acids is 1. The predicted octanol–water partition coefficient (Wildman–Crippen LogP) is 0.996. The number of thioether (sulfide) groups is 1. The van der Waals surface area contributed by atoms with Crippen LogP contribution in [0.4, 0.5) is 0 Å². The number of morpholine rings is 1. The van der Waals surface area contributed by atoms with Crippen LogP contribution < -0.4 is 5.73 Å². The van der Waals surface area contributed by atoms with Crippen LogP contribution in [0.15, 0.2) is 34.3 Å². The van der Waals surface area contributed by atoms with E-state index in [1.54, 1.807) is 16.7 Å². The van der Waals surface area contributed by atoms with Crippen LogP contribution in [0.3, 0.4) is 0 Å². The lowest BCUT2D eigenvalue weighted by Crippen LogP contribution is -2.50. The minimum absolute atomic E-state index is 0.0137. The molecule has 0 aliphatic carbocycles. The van der Waals surface area contributed by atoms with E-state index >= 15 is 0 Å². The van der Waals surface area contributed by atoms with Gasteiger partial charge in [0.25, 0.3) is 5.91 Å². The van der Waals surface area contributed by atoms with Gasteiger partial charge in [-0.1, -0.05) is 5.16 Å². The number of ether oxygens (including phenoxy) is 1. The van der Waals surface area contributed by atoms with Gasteiger partial charge in [-0.25, -0.2) is 0 Å². The zero-order valence-corrected chi connectivity index (χ0v) is 12.0. The highest BCUT2D eigenvalue weighted by molar-refractivity contribution is 7.98. The second kappa shape index (κ2) is 6.62. The van der Waals surface area contributed by atoms with E-state index in [1.165, 1.54) is 0 Å². The molecule has 108 valence electrons. The Labute approximate surface area is 121 Å². The number of carbonyl (C=O) groups is 1. The Morgan fingerprint density at radius 3 is 2.80 bits per heavy atom. The number of hydrogen-bond donors (Lipinski definition) is 2. The molecule has 1 fully saturated rings. The van der Waals surface area contributed by atoms with Crippen molar-refractivity contribution >= 4 is 23.5 Å². The molecule has 1 aromatic carbocycles. The number of hydrogen-bond acceptors (Lipinski definition) is 5. The van der Waals surface area contributed by atoms with Crippen molar-refractivity contribution < 1.29 is 14.7 Å². The standard InChI is InChI=1S/C13H17N3O3S/c1-20-10-4-2-9(3-5-10)13(17)16-6-7-19-11(8-16)12(14)15-18/h2-5,11,18H,6-8H2,1H3,(H2,14,15). The minimum Gasteiger partial charge on any atom is -0.409 e. The average molecular weight is 295 g/mol. The zero-order chi connectivity index (χ0) is 14.5. The minimum atomic E-state index is -0.553. The number of oxime groups is 1. The summed E-state index contributed by atoms with van der Waals surface area (Å²) < 4.78 is 5.37. The molecule has 0 spiro atoms.